The van der Waals surface area contributed by atoms with E-state index in [2.05, 4.69) is 46.1 Å². The van der Waals surface area contributed by atoms with Crippen LogP contribution in [0.3, 0.4) is 0 Å². The Morgan fingerprint density at radius 3 is 2.89 bits per heavy atom. The number of nitrogens with zero attached hydrogens (tertiary/aromatic N) is 1. The summed E-state index contributed by atoms with van der Waals surface area (Å²) in [5.41, 5.74) is 1.34. The third-order valence-corrected chi connectivity index (χ3v) is 4.61. The first-order valence-corrected chi connectivity index (χ1v) is 8.31. The van der Waals surface area contributed by atoms with E-state index in [1.54, 1.807) is 0 Å². The molecule has 106 valence electrons. The van der Waals surface area contributed by atoms with E-state index in [-0.39, 0.29) is 0 Å². The van der Waals surface area contributed by atoms with Crippen molar-refractivity contribution in [3.63, 3.8) is 0 Å². The smallest absolute Gasteiger partial charge is 0.0410 e. The van der Waals surface area contributed by atoms with Crippen molar-refractivity contribution in [3.05, 3.63) is 28.5 Å². The zero-order chi connectivity index (χ0) is 13.7. The first-order chi connectivity index (χ1) is 9.19. The Kier molecular flexibility index (Phi) is 5.83. The first kappa shape index (κ1) is 15.0. The zero-order valence-corrected chi connectivity index (χ0v) is 13.6. The second-order valence-electron chi connectivity index (χ2n) is 5.95. The van der Waals surface area contributed by atoms with E-state index in [4.69, 9.17) is 0 Å². The molecule has 1 fully saturated rings. The van der Waals surface area contributed by atoms with Gasteiger partial charge in [0.15, 0.2) is 0 Å². The Morgan fingerprint density at radius 1 is 1.42 bits per heavy atom. The van der Waals surface area contributed by atoms with Gasteiger partial charge >= 0.3 is 0 Å². The second kappa shape index (κ2) is 7.39. The molecular weight excluding hydrogens is 300 g/mol. The van der Waals surface area contributed by atoms with E-state index in [1.807, 2.05) is 12.4 Å². The lowest BCUT2D eigenvalue weighted by atomic mass is 9.92. The number of pyridine rings is 1. The minimum atomic E-state index is 0.612. The lowest BCUT2D eigenvalue weighted by Gasteiger charge is -2.25. The van der Waals surface area contributed by atoms with Crippen LogP contribution in [-0.4, -0.2) is 17.6 Å². The van der Waals surface area contributed by atoms with E-state index in [1.165, 1.54) is 31.2 Å². The third-order valence-electron chi connectivity index (χ3n) is 4.18. The summed E-state index contributed by atoms with van der Waals surface area (Å²) < 4.78 is 1.08. The maximum absolute atomic E-state index is 4.28. The number of rotatable bonds is 6. The number of hydrogen-bond donors (Lipinski definition) is 1. The quantitative estimate of drug-likeness (QED) is 0.848. The molecule has 0 amide bonds. The van der Waals surface area contributed by atoms with Gasteiger partial charge in [0.25, 0.3) is 0 Å². The minimum absolute atomic E-state index is 0.612. The van der Waals surface area contributed by atoms with Crippen molar-refractivity contribution in [3.8, 4) is 0 Å². The Bertz CT molecular complexity index is 394. The highest BCUT2D eigenvalue weighted by Crippen LogP contribution is 2.33. The normalized spacial score (nSPS) is 24.6. The van der Waals surface area contributed by atoms with Crippen molar-refractivity contribution in [1.82, 2.24) is 10.3 Å². The van der Waals surface area contributed by atoms with Gasteiger partial charge in [-0.1, -0.05) is 20.3 Å². The fourth-order valence-corrected chi connectivity index (χ4v) is 3.59. The average Bonchev–Trinajstić information content (AvgIpc) is 2.81. The SMILES string of the molecule is CCCNC(Cc1cncc(Br)c1)C1CCC(C)C1. The molecule has 0 aromatic carbocycles. The minimum Gasteiger partial charge on any atom is -0.313 e. The van der Waals surface area contributed by atoms with Gasteiger partial charge < -0.3 is 5.32 Å². The van der Waals surface area contributed by atoms with Gasteiger partial charge in [-0.3, -0.25) is 4.98 Å². The summed E-state index contributed by atoms with van der Waals surface area (Å²) in [6.07, 6.45) is 10.3. The van der Waals surface area contributed by atoms with Gasteiger partial charge in [0, 0.05) is 22.9 Å². The van der Waals surface area contributed by atoms with Crippen LogP contribution >= 0.6 is 15.9 Å². The maximum Gasteiger partial charge on any atom is 0.0410 e. The highest BCUT2D eigenvalue weighted by atomic mass is 79.9. The van der Waals surface area contributed by atoms with Gasteiger partial charge in [-0.2, -0.15) is 0 Å². The Labute approximate surface area is 125 Å². The third kappa shape index (κ3) is 4.57. The van der Waals surface area contributed by atoms with Crippen molar-refractivity contribution >= 4 is 15.9 Å². The van der Waals surface area contributed by atoms with Crippen LogP contribution in [0, 0.1) is 11.8 Å². The standard InChI is InChI=1S/C16H25BrN2/c1-3-6-19-16(14-5-4-12(2)7-14)9-13-8-15(17)11-18-10-13/h8,10-12,14,16,19H,3-7,9H2,1-2H3. The molecule has 3 heteroatoms. The van der Waals surface area contributed by atoms with Gasteiger partial charge in [0.1, 0.15) is 0 Å². The highest BCUT2D eigenvalue weighted by molar-refractivity contribution is 9.10. The molecule has 3 unspecified atom stereocenters. The van der Waals surface area contributed by atoms with Crippen LogP contribution in [0.25, 0.3) is 0 Å². The maximum atomic E-state index is 4.28. The summed E-state index contributed by atoms with van der Waals surface area (Å²) in [6, 6.07) is 2.81. The molecule has 1 aliphatic rings. The molecule has 0 radical (unpaired) electrons. The van der Waals surface area contributed by atoms with Crippen LogP contribution in [0.2, 0.25) is 0 Å². The van der Waals surface area contributed by atoms with Crippen molar-refractivity contribution in [2.75, 3.05) is 6.54 Å². The van der Waals surface area contributed by atoms with Crippen LogP contribution < -0.4 is 5.32 Å². The van der Waals surface area contributed by atoms with Gasteiger partial charge in [-0.15, -0.1) is 0 Å². The van der Waals surface area contributed by atoms with Crippen molar-refractivity contribution < 1.29 is 0 Å². The molecule has 2 nitrogen and oxygen atoms in total. The number of nitrogens with one attached hydrogen (secondary N) is 1. The van der Waals surface area contributed by atoms with E-state index >= 15 is 0 Å². The molecule has 0 aliphatic heterocycles. The molecule has 1 aromatic rings. The topological polar surface area (TPSA) is 24.9 Å². The molecule has 19 heavy (non-hydrogen) atoms. The van der Waals surface area contributed by atoms with Crippen molar-refractivity contribution in [2.24, 2.45) is 11.8 Å². The Balaban J connectivity index is 2.00. The molecule has 2 rings (SSSR count). The molecular formula is C16H25BrN2. The van der Waals surface area contributed by atoms with E-state index in [9.17, 15) is 0 Å². The number of halogens is 1. The van der Waals surface area contributed by atoms with Crippen LogP contribution in [0.15, 0.2) is 22.9 Å². The molecule has 1 aliphatic carbocycles. The van der Waals surface area contributed by atoms with Crippen molar-refractivity contribution in [1.29, 1.82) is 0 Å². The van der Waals surface area contributed by atoms with Crippen LogP contribution in [0.1, 0.15) is 45.1 Å². The van der Waals surface area contributed by atoms with Crippen LogP contribution in [0.4, 0.5) is 0 Å². The second-order valence-corrected chi connectivity index (χ2v) is 6.87. The monoisotopic (exact) mass is 324 g/mol. The first-order valence-electron chi connectivity index (χ1n) is 7.51. The number of aromatic nitrogens is 1. The largest absolute Gasteiger partial charge is 0.313 e. The fraction of sp³-hybridized carbons (Fsp3) is 0.688. The molecule has 0 spiro atoms. The lowest BCUT2D eigenvalue weighted by molar-refractivity contribution is 0.348. The van der Waals surface area contributed by atoms with Crippen LogP contribution in [0.5, 0.6) is 0 Å². The van der Waals surface area contributed by atoms with Gasteiger partial charge in [-0.05, 0) is 71.6 Å². The van der Waals surface area contributed by atoms with Crippen molar-refractivity contribution in [2.45, 2.75) is 52.0 Å². The molecule has 1 N–H and O–H groups in total. The molecule has 0 bridgehead atoms. The fourth-order valence-electron chi connectivity index (χ4n) is 3.17. The van der Waals surface area contributed by atoms with E-state index in [0.717, 1.165) is 29.3 Å². The predicted molar refractivity (Wildman–Crippen MR) is 84.2 cm³/mol. The Morgan fingerprint density at radius 2 is 2.26 bits per heavy atom. The Hall–Kier alpha value is -0.410. The zero-order valence-electron chi connectivity index (χ0n) is 12.0. The van der Waals surface area contributed by atoms with Crippen LogP contribution in [-0.2, 0) is 6.42 Å². The molecule has 1 saturated carbocycles. The molecule has 0 saturated heterocycles. The molecule has 3 atom stereocenters. The van der Waals surface area contributed by atoms with E-state index in [0.29, 0.717) is 6.04 Å². The van der Waals surface area contributed by atoms with Gasteiger partial charge in [0.2, 0.25) is 0 Å². The molecule has 1 heterocycles. The summed E-state index contributed by atoms with van der Waals surface area (Å²) in [5, 5.41) is 3.76. The van der Waals surface area contributed by atoms with Gasteiger partial charge in [-0.25, -0.2) is 0 Å². The summed E-state index contributed by atoms with van der Waals surface area (Å²) in [7, 11) is 0. The molecule has 1 aromatic heterocycles. The summed E-state index contributed by atoms with van der Waals surface area (Å²) in [6.45, 7) is 5.75. The summed E-state index contributed by atoms with van der Waals surface area (Å²) in [5.74, 6) is 1.73. The average molecular weight is 325 g/mol. The van der Waals surface area contributed by atoms with E-state index < -0.39 is 0 Å². The predicted octanol–water partition coefficient (Wildman–Crippen LogP) is 4.19. The summed E-state index contributed by atoms with van der Waals surface area (Å²) in [4.78, 5) is 4.28. The lowest BCUT2D eigenvalue weighted by Crippen LogP contribution is -2.37. The highest BCUT2D eigenvalue weighted by Gasteiger charge is 2.28. The number of hydrogen-bond acceptors (Lipinski definition) is 2. The van der Waals surface area contributed by atoms with Gasteiger partial charge in [0.05, 0.1) is 0 Å². The summed E-state index contributed by atoms with van der Waals surface area (Å²) >= 11 is 3.51.